The molecule has 0 saturated heterocycles. The van der Waals surface area contributed by atoms with Gasteiger partial charge in [-0.2, -0.15) is 13.2 Å². The van der Waals surface area contributed by atoms with Crippen molar-refractivity contribution in [1.82, 2.24) is 0 Å². The van der Waals surface area contributed by atoms with Crippen molar-refractivity contribution in [2.24, 2.45) is 17.6 Å². The molecule has 0 aliphatic carbocycles. The Morgan fingerprint density at radius 2 is 1.95 bits per heavy atom. The number of hydrogen-bond donors (Lipinski definition) is 2. The minimum Gasteiger partial charge on any atom is -0.481 e. The largest absolute Gasteiger partial charge is 0.481 e. The number of carbonyl (C=O) groups is 1. The summed E-state index contributed by atoms with van der Waals surface area (Å²) < 4.78 is 38.5. The molecule has 1 aromatic carbocycles. The molecule has 2 unspecified atom stereocenters. The molecule has 1 rings (SSSR count). The summed E-state index contributed by atoms with van der Waals surface area (Å²) in [6.07, 6.45) is -3.22. The van der Waals surface area contributed by atoms with Gasteiger partial charge in [0.2, 0.25) is 0 Å². The molecule has 0 amide bonds. The predicted octanol–water partition coefficient (Wildman–Crippen LogP) is 3.32. The van der Waals surface area contributed by atoms with Gasteiger partial charge < -0.3 is 10.8 Å². The first-order valence-electron chi connectivity index (χ1n) is 6.83. The van der Waals surface area contributed by atoms with Gasteiger partial charge in [-0.3, -0.25) is 4.79 Å². The van der Waals surface area contributed by atoms with Gasteiger partial charge in [-0.25, -0.2) is 0 Å². The van der Waals surface area contributed by atoms with Gasteiger partial charge in [0.15, 0.2) is 0 Å². The van der Waals surface area contributed by atoms with Crippen molar-refractivity contribution < 1.29 is 23.1 Å². The number of rotatable bonds is 7. The van der Waals surface area contributed by atoms with Gasteiger partial charge in [0, 0.05) is 6.54 Å². The molecule has 0 heterocycles. The Kier molecular flexibility index (Phi) is 6.20. The normalized spacial score (nSPS) is 14.7. The van der Waals surface area contributed by atoms with E-state index in [4.69, 9.17) is 10.8 Å². The van der Waals surface area contributed by atoms with Gasteiger partial charge >= 0.3 is 12.1 Å². The number of halogens is 3. The zero-order valence-electron chi connectivity index (χ0n) is 11.9. The summed E-state index contributed by atoms with van der Waals surface area (Å²) in [5.74, 6) is -1.60. The lowest BCUT2D eigenvalue weighted by Crippen LogP contribution is -2.25. The summed E-state index contributed by atoms with van der Waals surface area (Å²) in [5, 5.41) is 8.93. The molecular weight excluding hydrogens is 283 g/mol. The van der Waals surface area contributed by atoms with Crippen molar-refractivity contribution >= 4 is 5.97 Å². The van der Waals surface area contributed by atoms with Gasteiger partial charge in [-0.05, 0) is 36.8 Å². The Morgan fingerprint density at radius 1 is 1.33 bits per heavy atom. The number of carboxylic acid groups (broad SMARTS) is 1. The average Bonchev–Trinajstić information content (AvgIpc) is 2.41. The standard InChI is InChI=1S/C15H20F3NO2/c1-10(8-12(9-19)14(20)21)6-7-11-4-2-3-5-13(11)15(16,17)18/h2-5,10,12H,6-9,19H2,1H3,(H,20,21). The summed E-state index contributed by atoms with van der Waals surface area (Å²) in [4.78, 5) is 10.9. The highest BCUT2D eigenvalue weighted by Gasteiger charge is 2.32. The third-order valence-electron chi connectivity index (χ3n) is 3.55. The highest BCUT2D eigenvalue weighted by Crippen LogP contribution is 2.33. The Hall–Kier alpha value is -1.56. The fourth-order valence-corrected chi connectivity index (χ4v) is 2.32. The van der Waals surface area contributed by atoms with Crippen molar-refractivity contribution in [3.05, 3.63) is 35.4 Å². The quantitative estimate of drug-likeness (QED) is 0.812. The molecule has 0 aromatic heterocycles. The van der Waals surface area contributed by atoms with E-state index >= 15 is 0 Å². The molecule has 3 nitrogen and oxygen atoms in total. The first kappa shape index (κ1) is 17.5. The Bertz CT molecular complexity index is 474. The third kappa shape index (κ3) is 5.38. The molecule has 0 spiro atoms. The molecule has 118 valence electrons. The van der Waals surface area contributed by atoms with Crippen LogP contribution >= 0.6 is 0 Å². The fraction of sp³-hybridized carbons (Fsp3) is 0.533. The number of aliphatic carboxylic acids is 1. The zero-order valence-corrected chi connectivity index (χ0v) is 11.9. The lowest BCUT2D eigenvalue weighted by Gasteiger charge is -2.17. The monoisotopic (exact) mass is 303 g/mol. The van der Waals surface area contributed by atoms with Crippen molar-refractivity contribution in [3.8, 4) is 0 Å². The Morgan fingerprint density at radius 3 is 2.48 bits per heavy atom. The van der Waals surface area contributed by atoms with Crippen molar-refractivity contribution in [2.45, 2.75) is 32.4 Å². The van der Waals surface area contributed by atoms with E-state index < -0.39 is 23.6 Å². The van der Waals surface area contributed by atoms with Crippen LogP contribution in [0.4, 0.5) is 13.2 Å². The summed E-state index contributed by atoms with van der Waals surface area (Å²) in [6.45, 7) is 1.88. The predicted molar refractivity (Wildman–Crippen MR) is 73.7 cm³/mol. The number of carboxylic acids is 1. The molecule has 0 saturated carbocycles. The number of benzene rings is 1. The highest BCUT2D eigenvalue weighted by molar-refractivity contribution is 5.70. The van der Waals surface area contributed by atoms with E-state index in [0.29, 0.717) is 12.8 Å². The van der Waals surface area contributed by atoms with Crippen LogP contribution in [0.15, 0.2) is 24.3 Å². The van der Waals surface area contributed by atoms with Crippen LogP contribution in [0, 0.1) is 11.8 Å². The Labute approximate surface area is 122 Å². The molecule has 3 N–H and O–H groups in total. The maximum atomic E-state index is 12.8. The summed E-state index contributed by atoms with van der Waals surface area (Å²) in [6, 6.07) is 5.48. The van der Waals surface area contributed by atoms with Gasteiger partial charge in [0.25, 0.3) is 0 Å². The van der Waals surface area contributed by atoms with Crippen LogP contribution in [0.2, 0.25) is 0 Å². The van der Waals surface area contributed by atoms with Crippen LogP contribution in [0.5, 0.6) is 0 Å². The fourth-order valence-electron chi connectivity index (χ4n) is 2.32. The maximum absolute atomic E-state index is 12.8. The molecular formula is C15H20F3NO2. The highest BCUT2D eigenvalue weighted by atomic mass is 19.4. The molecule has 0 aliphatic rings. The van der Waals surface area contributed by atoms with Gasteiger partial charge in [-0.1, -0.05) is 25.1 Å². The van der Waals surface area contributed by atoms with Crippen molar-refractivity contribution in [1.29, 1.82) is 0 Å². The summed E-state index contributed by atoms with van der Waals surface area (Å²) >= 11 is 0. The molecule has 2 atom stereocenters. The van der Waals surface area contributed by atoms with Crippen molar-refractivity contribution in [3.63, 3.8) is 0 Å². The number of aryl methyl sites for hydroxylation is 1. The van der Waals surface area contributed by atoms with Crippen LogP contribution < -0.4 is 5.73 Å². The Balaban J connectivity index is 2.65. The maximum Gasteiger partial charge on any atom is 0.416 e. The lowest BCUT2D eigenvalue weighted by molar-refractivity contribution is -0.142. The van der Waals surface area contributed by atoms with Crippen LogP contribution in [0.3, 0.4) is 0 Å². The second-order valence-corrected chi connectivity index (χ2v) is 5.31. The van der Waals surface area contributed by atoms with Crippen LogP contribution in [-0.4, -0.2) is 17.6 Å². The van der Waals surface area contributed by atoms with E-state index in [0.717, 1.165) is 6.07 Å². The summed E-state index contributed by atoms with van der Waals surface area (Å²) in [7, 11) is 0. The van der Waals surface area contributed by atoms with E-state index in [-0.39, 0.29) is 24.4 Å². The molecule has 0 fully saturated rings. The van der Waals surface area contributed by atoms with E-state index in [9.17, 15) is 18.0 Å². The van der Waals surface area contributed by atoms with Crippen LogP contribution in [0.1, 0.15) is 30.9 Å². The number of alkyl halides is 3. The molecule has 21 heavy (non-hydrogen) atoms. The van der Waals surface area contributed by atoms with Crippen molar-refractivity contribution in [2.75, 3.05) is 6.54 Å². The van der Waals surface area contributed by atoms with E-state index in [1.165, 1.54) is 12.1 Å². The second-order valence-electron chi connectivity index (χ2n) is 5.31. The molecule has 0 radical (unpaired) electrons. The van der Waals surface area contributed by atoms with E-state index in [2.05, 4.69) is 0 Å². The zero-order chi connectivity index (χ0) is 16.0. The first-order valence-corrected chi connectivity index (χ1v) is 6.83. The van der Waals surface area contributed by atoms with E-state index in [1.807, 2.05) is 6.92 Å². The van der Waals surface area contributed by atoms with Gasteiger partial charge in [0.05, 0.1) is 11.5 Å². The molecule has 6 heteroatoms. The minimum absolute atomic E-state index is 0.00376. The van der Waals surface area contributed by atoms with Crippen LogP contribution in [-0.2, 0) is 17.4 Å². The van der Waals surface area contributed by atoms with Gasteiger partial charge in [0.1, 0.15) is 0 Å². The summed E-state index contributed by atoms with van der Waals surface area (Å²) in [5.41, 5.74) is 5.01. The average molecular weight is 303 g/mol. The third-order valence-corrected chi connectivity index (χ3v) is 3.55. The molecule has 0 bridgehead atoms. The number of nitrogens with two attached hydrogens (primary N) is 1. The molecule has 1 aromatic rings. The number of hydrogen-bond acceptors (Lipinski definition) is 2. The second kappa shape index (κ2) is 7.45. The SMILES string of the molecule is CC(CCc1ccccc1C(F)(F)F)CC(CN)C(=O)O. The lowest BCUT2D eigenvalue weighted by atomic mass is 9.90. The van der Waals surface area contributed by atoms with Gasteiger partial charge in [-0.15, -0.1) is 0 Å². The van der Waals surface area contributed by atoms with E-state index in [1.54, 1.807) is 6.07 Å². The minimum atomic E-state index is -4.36. The molecule has 0 aliphatic heterocycles. The topological polar surface area (TPSA) is 63.3 Å². The van der Waals surface area contributed by atoms with Crippen LogP contribution in [0.25, 0.3) is 0 Å². The first-order chi connectivity index (χ1) is 9.75. The smallest absolute Gasteiger partial charge is 0.416 e.